The van der Waals surface area contributed by atoms with E-state index < -0.39 is 15.9 Å². The van der Waals surface area contributed by atoms with Crippen LogP contribution in [-0.4, -0.2) is 20.1 Å². The van der Waals surface area contributed by atoms with Crippen molar-refractivity contribution >= 4 is 10.1 Å². The quantitative estimate of drug-likeness (QED) is 0.612. The maximum Gasteiger partial charge on any atom is 0.294 e. The molecule has 78 valence electrons. The highest BCUT2D eigenvalue weighted by Crippen LogP contribution is 2.42. The van der Waals surface area contributed by atoms with Gasteiger partial charge in [-0.05, 0) is 0 Å². The van der Waals surface area contributed by atoms with E-state index in [9.17, 15) is 8.42 Å². The number of ether oxygens (including phenoxy) is 1. The molecule has 0 radical (unpaired) electrons. The smallest absolute Gasteiger partial charge is 0.294 e. The molecule has 0 aliphatic carbocycles. The molecule has 1 aliphatic heterocycles. The zero-order valence-corrected chi connectivity index (χ0v) is 9.27. The first-order chi connectivity index (χ1) is 5.72. The molecule has 0 aromatic rings. The van der Waals surface area contributed by atoms with Crippen LogP contribution < -0.4 is 0 Å². The van der Waals surface area contributed by atoms with E-state index in [-0.39, 0.29) is 11.4 Å². The first-order valence-electron chi connectivity index (χ1n) is 4.30. The molecule has 0 unspecified atom stereocenters. The van der Waals surface area contributed by atoms with E-state index in [0.717, 1.165) is 0 Å². The van der Waals surface area contributed by atoms with Gasteiger partial charge < -0.3 is 4.74 Å². The molecule has 1 heterocycles. The fourth-order valence-electron chi connectivity index (χ4n) is 1.45. The van der Waals surface area contributed by atoms with Crippen LogP contribution >= 0.6 is 0 Å². The van der Waals surface area contributed by atoms with Crippen LogP contribution in [-0.2, 0) is 19.0 Å². The summed E-state index contributed by atoms with van der Waals surface area (Å²) < 4.78 is 32.5. The summed E-state index contributed by atoms with van der Waals surface area (Å²) in [6.07, 6.45) is 0.524. The van der Waals surface area contributed by atoms with E-state index in [1.807, 2.05) is 27.7 Å². The topological polar surface area (TPSA) is 52.6 Å². The third kappa shape index (κ3) is 1.87. The molecular weight excluding hydrogens is 192 g/mol. The van der Waals surface area contributed by atoms with Crippen LogP contribution in [0.25, 0.3) is 0 Å². The molecule has 0 N–H and O–H groups in total. The maximum atomic E-state index is 11.1. The van der Waals surface area contributed by atoms with Crippen molar-refractivity contribution in [2.75, 3.05) is 5.94 Å². The molecule has 0 aromatic carbocycles. The average molecular weight is 208 g/mol. The summed E-state index contributed by atoms with van der Waals surface area (Å²) in [5, 5.41) is 0. The summed E-state index contributed by atoms with van der Waals surface area (Å²) in [6, 6.07) is 0. The number of rotatable bonds is 1. The Kier molecular flexibility index (Phi) is 2.47. The highest BCUT2D eigenvalue weighted by molar-refractivity contribution is 7.86. The van der Waals surface area contributed by atoms with Gasteiger partial charge in [-0.3, -0.25) is 0 Å². The van der Waals surface area contributed by atoms with E-state index in [1.54, 1.807) is 0 Å². The molecule has 1 fully saturated rings. The number of hydrogen-bond acceptors (Lipinski definition) is 4. The summed E-state index contributed by atoms with van der Waals surface area (Å²) in [4.78, 5) is 0. The highest BCUT2D eigenvalue weighted by atomic mass is 32.2. The van der Waals surface area contributed by atoms with Gasteiger partial charge in [0, 0.05) is 11.8 Å². The summed E-state index contributed by atoms with van der Waals surface area (Å²) in [5.41, 5.74) is -0.342. The van der Waals surface area contributed by atoms with Gasteiger partial charge in [-0.15, -0.1) is 0 Å². The fourth-order valence-corrected chi connectivity index (χ4v) is 2.66. The Labute approximate surface area is 79.3 Å². The first kappa shape index (κ1) is 10.9. The van der Waals surface area contributed by atoms with Crippen LogP contribution in [0.4, 0.5) is 0 Å². The standard InChI is InChI=1S/C8H16O4S/c1-5-8(7(2,3)4)11-6-13(9,10)12-8/h5-6H2,1-4H3/t8-/m1/s1. The molecule has 1 atom stereocenters. The monoisotopic (exact) mass is 208 g/mol. The van der Waals surface area contributed by atoms with E-state index in [2.05, 4.69) is 0 Å². The van der Waals surface area contributed by atoms with Gasteiger partial charge in [-0.2, -0.15) is 8.42 Å². The minimum absolute atomic E-state index is 0.335. The lowest BCUT2D eigenvalue weighted by Crippen LogP contribution is -2.43. The minimum Gasteiger partial charge on any atom is -0.330 e. The second-order valence-corrected chi connectivity index (χ2v) is 5.78. The minimum atomic E-state index is -3.47. The predicted molar refractivity (Wildman–Crippen MR) is 48.4 cm³/mol. The van der Waals surface area contributed by atoms with E-state index >= 15 is 0 Å². The molecule has 1 aliphatic rings. The Morgan fingerprint density at radius 1 is 1.38 bits per heavy atom. The van der Waals surface area contributed by atoms with E-state index in [0.29, 0.717) is 6.42 Å². The van der Waals surface area contributed by atoms with Crippen molar-refractivity contribution in [2.24, 2.45) is 5.41 Å². The highest BCUT2D eigenvalue weighted by Gasteiger charge is 2.51. The maximum absolute atomic E-state index is 11.1. The molecule has 0 spiro atoms. The van der Waals surface area contributed by atoms with Gasteiger partial charge in [-0.25, -0.2) is 4.18 Å². The third-order valence-electron chi connectivity index (χ3n) is 2.31. The van der Waals surface area contributed by atoms with Crippen molar-refractivity contribution in [3.63, 3.8) is 0 Å². The molecule has 0 amide bonds. The molecule has 0 aromatic heterocycles. The van der Waals surface area contributed by atoms with E-state index in [1.165, 1.54) is 0 Å². The molecule has 1 saturated heterocycles. The normalized spacial score (nSPS) is 33.5. The van der Waals surface area contributed by atoms with Crippen LogP contribution in [0.1, 0.15) is 34.1 Å². The van der Waals surface area contributed by atoms with Crippen molar-refractivity contribution in [3.8, 4) is 0 Å². The van der Waals surface area contributed by atoms with Crippen LogP contribution in [0.15, 0.2) is 0 Å². The Hall–Kier alpha value is -0.130. The van der Waals surface area contributed by atoms with Crippen LogP contribution in [0.3, 0.4) is 0 Å². The molecule has 0 saturated carbocycles. The zero-order chi connectivity index (χ0) is 10.3. The van der Waals surface area contributed by atoms with Crippen molar-refractivity contribution in [1.29, 1.82) is 0 Å². The number of hydrogen-bond donors (Lipinski definition) is 0. The van der Waals surface area contributed by atoms with Gasteiger partial charge >= 0.3 is 0 Å². The molecule has 1 rings (SSSR count). The van der Waals surface area contributed by atoms with Crippen molar-refractivity contribution in [2.45, 2.75) is 39.9 Å². The molecular formula is C8H16O4S. The van der Waals surface area contributed by atoms with Crippen LogP contribution in [0.5, 0.6) is 0 Å². The summed E-state index contributed by atoms with van der Waals surface area (Å²) in [7, 11) is -3.47. The Morgan fingerprint density at radius 2 is 1.92 bits per heavy atom. The van der Waals surface area contributed by atoms with Gasteiger partial charge in [0.25, 0.3) is 10.1 Å². The van der Waals surface area contributed by atoms with Gasteiger partial charge in [0.1, 0.15) is 0 Å². The van der Waals surface area contributed by atoms with Gasteiger partial charge in [0.15, 0.2) is 11.7 Å². The first-order valence-corrected chi connectivity index (χ1v) is 5.87. The lowest BCUT2D eigenvalue weighted by molar-refractivity contribution is -0.205. The third-order valence-corrected chi connectivity index (χ3v) is 3.24. The van der Waals surface area contributed by atoms with Crippen molar-refractivity contribution in [1.82, 2.24) is 0 Å². The Bertz CT molecular complexity index is 288. The zero-order valence-electron chi connectivity index (χ0n) is 8.46. The fraction of sp³-hybridized carbons (Fsp3) is 1.00. The van der Waals surface area contributed by atoms with Crippen molar-refractivity contribution < 1.29 is 17.3 Å². The largest absolute Gasteiger partial charge is 0.330 e. The van der Waals surface area contributed by atoms with Gasteiger partial charge in [0.05, 0.1) is 0 Å². The molecule has 5 heteroatoms. The lowest BCUT2D eigenvalue weighted by Gasteiger charge is -2.36. The molecule has 4 nitrogen and oxygen atoms in total. The average Bonchev–Trinajstić information content (AvgIpc) is 2.26. The summed E-state index contributed by atoms with van der Waals surface area (Å²) in [5.74, 6) is -1.32. The van der Waals surface area contributed by atoms with Crippen molar-refractivity contribution in [3.05, 3.63) is 0 Å². The Balaban J connectivity index is 3.00. The second kappa shape index (κ2) is 2.93. The predicted octanol–water partition coefficient (Wildman–Crippen LogP) is 1.47. The summed E-state index contributed by atoms with van der Waals surface area (Å²) in [6.45, 7) is 7.55. The van der Waals surface area contributed by atoms with Crippen LogP contribution in [0.2, 0.25) is 0 Å². The van der Waals surface area contributed by atoms with Gasteiger partial charge in [0.2, 0.25) is 0 Å². The molecule has 0 bridgehead atoms. The molecule has 13 heavy (non-hydrogen) atoms. The van der Waals surface area contributed by atoms with Gasteiger partial charge in [-0.1, -0.05) is 27.7 Å². The lowest BCUT2D eigenvalue weighted by atomic mass is 9.84. The summed E-state index contributed by atoms with van der Waals surface area (Å²) >= 11 is 0. The SMILES string of the molecule is CC[C@@]1(C(C)(C)C)OCS(=O)(=O)O1. The second-order valence-electron chi connectivity index (χ2n) is 4.26. The Morgan fingerprint density at radius 3 is 2.08 bits per heavy atom. The van der Waals surface area contributed by atoms with Crippen LogP contribution in [0, 0.1) is 5.41 Å². The van der Waals surface area contributed by atoms with E-state index in [4.69, 9.17) is 8.92 Å².